The Bertz CT molecular complexity index is 619. The maximum atomic E-state index is 11.6. The van der Waals surface area contributed by atoms with E-state index in [2.05, 4.69) is 34.6 Å². The fourth-order valence-corrected chi connectivity index (χ4v) is 5.45. The third kappa shape index (κ3) is 3.34. The van der Waals surface area contributed by atoms with Crippen molar-refractivity contribution >= 4 is 11.6 Å². The molecule has 0 bridgehead atoms. The number of fused-ring (bicyclic) bond motifs is 2. The van der Waals surface area contributed by atoms with Gasteiger partial charge in [0.1, 0.15) is 6.54 Å². The molecule has 1 saturated carbocycles. The van der Waals surface area contributed by atoms with Crippen molar-refractivity contribution in [3.05, 3.63) is 29.8 Å². The molecule has 1 saturated heterocycles. The SMILES string of the molecule is CC(=O)N[NH+]1CC2(CCN(C3CCCCCC3)CC2)c2ccccc21.[HH]. The van der Waals surface area contributed by atoms with Gasteiger partial charge in [-0.05, 0) is 38.8 Å². The molecule has 4 rings (SSSR count). The zero-order valence-corrected chi connectivity index (χ0v) is 15.5. The van der Waals surface area contributed by atoms with Crippen molar-refractivity contribution in [1.82, 2.24) is 10.3 Å². The summed E-state index contributed by atoms with van der Waals surface area (Å²) in [6.45, 7) is 5.05. The molecule has 4 heteroatoms. The lowest BCUT2D eigenvalue weighted by Gasteiger charge is -2.41. The van der Waals surface area contributed by atoms with E-state index in [1.54, 1.807) is 6.92 Å². The van der Waals surface area contributed by atoms with Crippen LogP contribution < -0.4 is 10.4 Å². The molecule has 3 aliphatic rings. The highest BCUT2D eigenvalue weighted by Crippen LogP contribution is 2.41. The molecule has 2 aliphatic heterocycles. The van der Waals surface area contributed by atoms with E-state index in [4.69, 9.17) is 0 Å². The fourth-order valence-electron chi connectivity index (χ4n) is 5.45. The van der Waals surface area contributed by atoms with Crippen LogP contribution in [0.4, 0.5) is 5.69 Å². The summed E-state index contributed by atoms with van der Waals surface area (Å²) in [6, 6.07) is 9.56. The van der Waals surface area contributed by atoms with Crippen molar-refractivity contribution < 1.29 is 11.2 Å². The maximum Gasteiger partial charge on any atom is 0.262 e. The first-order valence-electron chi connectivity index (χ1n) is 10.2. The normalized spacial score (nSPS) is 27.0. The van der Waals surface area contributed by atoms with Crippen LogP contribution in [0.25, 0.3) is 0 Å². The number of piperidine rings is 1. The Balaban J connectivity index is 0.00000196. The number of nitrogens with zero attached hydrogens (tertiary/aromatic N) is 1. The molecule has 2 fully saturated rings. The highest BCUT2D eigenvalue weighted by Gasteiger charge is 2.49. The second-order valence-electron chi connectivity index (χ2n) is 8.34. The lowest BCUT2D eigenvalue weighted by Crippen LogP contribution is -3.14. The lowest BCUT2D eigenvalue weighted by atomic mass is 9.74. The van der Waals surface area contributed by atoms with Gasteiger partial charge in [-0.15, -0.1) is 0 Å². The van der Waals surface area contributed by atoms with Gasteiger partial charge in [0.25, 0.3) is 5.91 Å². The molecule has 0 aromatic heterocycles. The van der Waals surface area contributed by atoms with Gasteiger partial charge >= 0.3 is 0 Å². The van der Waals surface area contributed by atoms with Crippen LogP contribution in [-0.4, -0.2) is 36.5 Å². The molecule has 1 atom stereocenters. The van der Waals surface area contributed by atoms with Crippen LogP contribution in [0.1, 0.15) is 65.3 Å². The van der Waals surface area contributed by atoms with Crippen LogP contribution in [0, 0.1) is 0 Å². The van der Waals surface area contributed by atoms with Crippen molar-refractivity contribution in [2.24, 2.45) is 0 Å². The molecule has 1 amide bonds. The molecule has 1 aliphatic carbocycles. The first-order chi connectivity index (χ1) is 12.2. The van der Waals surface area contributed by atoms with Crippen LogP contribution in [0.5, 0.6) is 0 Å². The second kappa shape index (κ2) is 7.08. The number of hydrogen-bond acceptors (Lipinski definition) is 2. The van der Waals surface area contributed by atoms with Gasteiger partial charge in [0.2, 0.25) is 0 Å². The summed E-state index contributed by atoms with van der Waals surface area (Å²) in [5.74, 6) is 0.0535. The molecule has 1 aromatic rings. The van der Waals surface area contributed by atoms with Crippen LogP contribution >= 0.6 is 0 Å². The topological polar surface area (TPSA) is 36.8 Å². The number of quaternary nitrogens is 1. The summed E-state index contributed by atoms with van der Waals surface area (Å²) in [6.07, 6.45) is 10.9. The van der Waals surface area contributed by atoms with Gasteiger partial charge in [-0.3, -0.25) is 4.79 Å². The maximum absolute atomic E-state index is 11.6. The third-order valence-corrected chi connectivity index (χ3v) is 6.76. The van der Waals surface area contributed by atoms with Gasteiger partial charge in [0.05, 0.1) is 5.41 Å². The smallest absolute Gasteiger partial charge is 0.262 e. The number of benzene rings is 1. The highest BCUT2D eigenvalue weighted by molar-refractivity contribution is 5.71. The average molecular weight is 345 g/mol. The Kier molecular flexibility index (Phi) is 4.83. The van der Waals surface area contributed by atoms with Gasteiger partial charge in [-0.2, -0.15) is 10.4 Å². The minimum absolute atomic E-state index is 0. The Morgan fingerprint density at radius 1 is 1.16 bits per heavy atom. The summed E-state index contributed by atoms with van der Waals surface area (Å²) in [7, 11) is 0. The number of rotatable bonds is 2. The zero-order chi connectivity index (χ0) is 17.3. The molecular formula is C21H34N3O+. The lowest BCUT2D eigenvalue weighted by molar-refractivity contribution is -0.868. The van der Waals surface area contributed by atoms with E-state index in [9.17, 15) is 4.79 Å². The van der Waals surface area contributed by atoms with Crippen LogP contribution in [0.3, 0.4) is 0 Å². The summed E-state index contributed by atoms with van der Waals surface area (Å²) in [5.41, 5.74) is 6.11. The zero-order valence-electron chi connectivity index (χ0n) is 15.5. The fraction of sp³-hybridized carbons (Fsp3) is 0.667. The first-order valence-corrected chi connectivity index (χ1v) is 10.2. The Hall–Kier alpha value is -1.39. The number of carbonyl (C=O) groups is 1. The number of nitrogens with one attached hydrogen (secondary N) is 2. The van der Waals surface area contributed by atoms with Gasteiger partial charge < -0.3 is 4.90 Å². The van der Waals surface area contributed by atoms with Crippen LogP contribution in [0.15, 0.2) is 24.3 Å². The van der Waals surface area contributed by atoms with Crippen molar-refractivity contribution in [2.45, 2.75) is 69.7 Å². The van der Waals surface area contributed by atoms with Crippen molar-refractivity contribution in [3.8, 4) is 0 Å². The van der Waals surface area contributed by atoms with E-state index in [-0.39, 0.29) is 12.7 Å². The molecule has 25 heavy (non-hydrogen) atoms. The molecule has 1 unspecified atom stereocenters. The second-order valence-corrected chi connectivity index (χ2v) is 8.34. The van der Waals surface area contributed by atoms with E-state index < -0.39 is 0 Å². The number of carbonyl (C=O) groups excluding carboxylic acids is 1. The number of amides is 1. The largest absolute Gasteiger partial charge is 0.300 e. The molecule has 2 N–H and O–H groups in total. The Morgan fingerprint density at radius 2 is 1.84 bits per heavy atom. The van der Waals surface area contributed by atoms with Gasteiger partial charge in [0, 0.05) is 26.0 Å². The molecule has 1 spiro atoms. The number of hydrogen-bond donors (Lipinski definition) is 2. The average Bonchev–Trinajstić information content (AvgIpc) is 2.80. The number of likely N-dealkylation sites (tertiary alicyclic amines) is 1. The molecule has 1 aromatic carbocycles. The number of para-hydroxylation sites is 1. The monoisotopic (exact) mass is 344 g/mol. The van der Waals surface area contributed by atoms with E-state index in [1.807, 2.05) is 0 Å². The van der Waals surface area contributed by atoms with Gasteiger partial charge in [0.15, 0.2) is 5.69 Å². The molecule has 138 valence electrons. The minimum Gasteiger partial charge on any atom is -0.300 e. The quantitative estimate of drug-likeness (QED) is 0.809. The van der Waals surface area contributed by atoms with Crippen LogP contribution in [-0.2, 0) is 10.2 Å². The van der Waals surface area contributed by atoms with E-state index in [0.29, 0.717) is 0 Å². The summed E-state index contributed by atoms with van der Waals surface area (Å²) in [4.78, 5) is 14.4. The van der Waals surface area contributed by atoms with Crippen molar-refractivity contribution in [1.29, 1.82) is 0 Å². The van der Waals surface area contributed by atoms with Gasteiger partial charge in [-0.25, -0.2) is 0 Å². The first kappa shape index (κ1) is 17.0. The van der Waals surface area contributed by atoms with Crippen molar-refractivity contribution in [2.75, 3.05) is 19.6 Å². The summed E-state index contributed by atoms with van der Waals surface area (Å²) >= 11 is 0. The molecule has 4 nitrogen and oxygen atoms in total. The molecular weight excluding hydrogens is 310 g/mol. The Morgan fingerprint density at radius 3 is 2.52 bits per heavy atom. The van der Waals surface area contributed by atoms with E-state index in [0.717, 1.165) is 17.6 Å². The third-order valence-electron chi connectivity index (χ3n) is 6.76. The minimum atomic E-state index is 0. The summed E-state index contributed by atoms with van der Waals surface area (Å²) in [5, 5.41) is 1.14. The van der Waals surface area contributed by atoms with Gasteiger partial charge in [-0.1, -0.05) is 43.9 Å². The Labute approximate surface area is 153 Å². The standard InChI is InChI=1S/C21H31N3O.H2/c1-17(25)22-24-16-21(19-10-6-7-11-20(19)24)12-14-23(15-13-21)18-8-4-2-3-5-9-18;/h6-7,10-11,18H,2-5,8-9,12-16H2,1H3,(H,22,25);1H/p+1. The predicted octanol–water partition coefficient (Wildman–Crippen LogP) is 2.57. The van der Waals surface area contributed by atoms with E-state index in [1.165, 1.54) is 75.7 Å². The predicted molar refractivity (Wildman–Crippen MR) is 102 cm³/mol. The summed E-state index contributed by atoms with van der Waals surface area (Å²) < 4.78 is 0. The molecule has 0 radical (unpaired) electrons. The van der Waals surface area contributed by atoms with E-state index >= 15 is 0 Å². The van der Waals surface area contributed by atoms with Crippen molar-refractivity contribution in [3.63, 3.8) is 0 Å². The highest BCUT2D eigenvalue weighted by atomic mass is 16.2. The molecule has 2 heterocycles. The van der Waals surface area contributed by atoms with Crippen LogP contribution in [0.2, 0.25) is 0 Å².